The van der Waals surface area contributed by atoms with E-state index in [1.807, 2.05) is 19.9 Å². The summed E-state index contributed by atoms with van der Waals surface area (Å²) in [5.41, 5.74) is 2.44. The van der Waals surface area contributed by atoms with Gasteiger partial charge in [-0.25, -0.2) is 4.79 Å². The third-order valence-electron chi connectivity index (χ3n) is 4.78. The molecule has 0 aliphatic heterocycles. The Balaban J connectivity index is 1.95. The molecule has 1 aromatic heterocycles. The Morgan fingerprint density at radius 3 is 2.67 bits per heavy atom. The predicted octanol–water partition coefficient (Wildman–Crippen LogP) is 3.84. The molecule has 0 radical (unpaired) electrons. The molecule has 2 aromatic rings. The number of aromatic hydroxyl groups is 1. The summed E-state index contributed by atoms with van der Waals surface area (Å²) < 4.78 is 1.41. The Morgan fingerprint density at radius 1 is 1.30 bits per heavy atom. The first-order chi connectivity index (χ1) is 12.9. The molecule has 3 rings (SSSR count). The van der Waals surface area contributed by atoms with Gasteiger partial charge in [-0.15, -0.1) is 0 Å². The van der Waals surface area contributed by atoms with Crippen LogP contribution in [0.4, 0.5) is 10.5 Å². The number of phenols is 1. The van der Waals surface area contributed by atoms with Crippen LogP contribution < -0.4 is 10.6 Å². The number of carbonyl (C=O) groups is 2. The Hall–Kier alpha value is -2.83. The van der Waals surface area contributed by atoms with Crippen molar-refractivity contribution in [3.05, 3.63) is 30.0 Å². The number of hydrogen-bond donors (Lipinski definition) is 3. The van der Waals surface area contributed by atoms with E-state index in [4.69, 9.17) is 0 Å². The van der Waals surface area contributed by atoms with Gasteiger partial charge in [0.25, 0.3) is 0 Å². The van der Waals surface area contributed by atoms with E-state index in [0.717, 1.165) is 25.0 Å². The van der Waals surface area contributed by atoms with E-state index in [2.05, 4.69) is 15.7 Å². The summed E-state index contributed by atoms with van der Waals surface area (Å²) in [6, 6.07) is 6.49. The lowest BCUT2D eigenvalue weighted by molar-refractivity contribution is -0.115. The van der Waals surface area contributed by atoms with Crippen molar-refractivity contribution in [3.8, 4) is 17.0 Å². The highest BCUT2D eigenvalue weighted by Crippen LogP contribution is 2.42. The predicted molar refractivity (Wildman–Crippen MR) is 104 cm³/mol. The minimum atomic E-state index is -0.257. The molecule has 1 unspecified atom stereocenters. The summed E-state index contributed by atoms with van der Waals surface area (Å²) in [6.07, 6.45) is 3.26. The second-order valence-corrected chi connectivity index (χ2v) is 7.03. The maximum absolute atomic E-state index is 12.6. The summed E-state index contributed by atoms with van der Waals surface area (Å²) in [5.74, 6) is 0.265. The fourth-order valence-electron chi connectivity index (χ4n) is 2.80. The summed E-state index contributed by atoms with van der Waals surface area (Å²) in [4.78, 5) is 24.3. The number of nitrogens with zero attached hydrogens (tertiary/aromatic N) is 2. The third kappa shape index (κ3) is 4.30. The first-order valence-electron chi connectivity index (χ1n) is 9.47. The summed E-state index contributed by atoms with van der Waals surface area (Å²) >= 11 is 0. The second kappa shape index (κ2) is 7.82. The topological polar surface area (TPSA) is 96.2 Å². The van der Waals surface area contributed by atoms with Crippen LogP contribution in [-0.2, 0) is 4.79 Å². The number of aromatic nitrogens is 2. The van der Waals surface area contributed by atoms with Gasteiger partial charge < -0.3 is 15.7 Å². The van der Waals surface area contributed by atoms with Gasteiger partial charge in [0.15, 0.2) is 0 Å². The summed E-state index contributed by atoms with van der Waals surface area (Å²) in [6.45, 7) is 5.73. The molecule has 7 heteroatoms. The van der Waals surface area contributed by atoms with Crippen LogP contribution in [0.3, 0.4) is 0 Å². The van der Waals surface area contributed by atoms with E-state index >= 15 is 0 Å². The summed E-state index contributed by atoms with van der Waals surface area (Å²) in [5, 5.41) is 20.5. The fraction of sp³-hybridized carbons (Fsp3) is 0.450. The average Bonchev–Trinajstić information content (AvgIpc) is 3.41. The van der Waals surface area contributed by atoms with Crippen LogP contribution in [0.15, 0.2) is 24.3 Å². The van der Waals surface area contributed by atoms with Crippen LogP contribution in [0.1, 0.15) is 58.1 Å². The zero-order valence-corrected chi connectivity index (χ0v) is 16.0. The van der Waals surface area contributed by atoms with Gasteiger partial charge in [-0.3, -0.25) is 4.79 Å². The van der Waals surface area contributed by atoms with Crippen molar-refractivity contribution in [2.75, 3.05) is 5.32 Å². The molecule has 0 saturated heterocycles. The molecule has 1 aromatic carbocycles. The first-order valence-corrected chi connectivity index (χ1v) is 9.47. The summed E-state index contributed by atoms with van der Waals surface area (Å²) in [7, 11) is 0. The fourth-order valence-corrected chi connectivity index (χ4v) is 2.80. The molecule has 1 heterocycles. The lowest BCUT2D eigenvalue weighted by Gasteiger charge is -2.12. The highest BCUT2D eigenvalue weighted by Gasteiger charge is 2.31. The zero-order chi connectivity index (χ0) is 19.6. The maximum Gasteiger partial charge on any atom is 0.342 e. The van der Waals surface area contributed by atoms with Crippen molar-refractivity contribution in [1.82, 2.24) is 15.1 Å². The van der Waals surface area contributed by atoms with Crippen molar-refractivity contribution >= 4 is 17.6 Å². The van der Waals surface area contributed by atoms with Gasteiger partial charge in [0.2, 0.25) is 5.91 Å². The van der Waals surface area contributed by atoms with Crippen molar-refractivity contribution < 1.29 is 14.7 Å². The van der Waals surface area contributed by atoms with Crippen molar-refractivity contribution in [2.24, 2.45) is 0 Å². The van der Waals surface area contributed by atoms with E-state index in [9.17, 15) is 14.7 Å². The van der Waals surface area contributed by atoms with Gasteiger partial charge in [-0.05, 0) is 50.5 Å². The van der Waals surface area contributed by atoms with Gasteiger partial charge in [0.05, 0.1) is 11.4 Å². The van der Waals surface area contributed by atoms with E-state index in [0.29, 0.717) is 29.3 Å². The quantitative estimate of drug-likeness (QED) is 0.673. The lowest BCUT2D eigenvalue weighted by atomic mass is 10.1. The average molecular weight is 370 g/mol. The minimum absolute atomic E-state index is 0.0539. The first kappa shape index (κ1) is 18.9. The van der Waals surface area contributed by atoms with E-state index in [1.54, 1.807) is 19.1 Å². The molecule has 2 amide bonds. The van der Waals surface area contributed by atoms with Gasteiger partial charge in [-0.2, -0.15) is 9.78 Å². The zero-order valence-electron chi connectivity index (χ0n) is 16.0. The largest absolute Gasteiger partial charge is 0.507 e. The number of hydrogen-bond acceptors (Lipinski definition) is 4. The molecule has 0 bridgehead atoms. The molecule has 1 aliphatic rings. The molecule has 144 valence electrons. The number of phenolic OH excluding ortho intramolecular Hbond substituents is 1. The van der Waals surface area contributed by atoms with Crippen LogP contribution in [0, 0.1) is 0 Å². The highest BCUT2D eigenvalue weighted by atomic mass is 16.3. The van der Waals surface area contributed by atoms with E-state index in [1.165, 1.54) is 10.7 Å². The number of amides is 2. The molecule has 1 aliphatic carbocycles. The third-order valence-corrected chi connectivity index (χ3v) is 4.78. The SMILES string of the molecule is CCC(=O)Nc1ccc(O)c(-c2cc(C3CC3)n(C(=O)NC(C)CC)n2)c1. The standard InChI is InChI=1S/C20H26N4O3/c1-4-12(3)21-20(27)24-17(13-6-7-13)11-16(23-24)15-10-14(8-9-18(15)25)22-19(26)5-2/h8-13,25H,4-7H2,1-3H3,(H,21,27)(H,22,26). The number of nitrogens with one attached hydrogen (secondary N) is 2. The lowest BCUT2D eigenvalue weighted by Crippen LogP contribution is -2.36. The van der Waals surface area contributed by atoms with Gasteiger partial charge in [-0.1, -0.05) is 13.8 Å². The Labute approximate surface area is 158 Å². The molecule has 27 heavy (non-hydrogen) atoms. The molecular formula is C20H26N4O3. The minimum Gasteiger partial charge on any atom is -0.507 e. The van der Waals surface area contributed by atoms with Crippen molar-refractivity contribution in [1.29, 1.82) is 0 Å². The second-order valence-electron chi connectivity index (χ2n) is 7.03. The van der Waals surface area contributed by atoms with Crippen LogP contribution in [0.2, 0.25) is 0 Å². The number of benzene rings is 1. The van der Waals surface area contributed by atoms with Crippen LogP contribution in [0.25, 0.3) is 11.3 Å². The van der Waals surface area contributed by atoms with E-state index < -0.39 is 0 Å². The molecule has 1 atom stereocenters. The number of anilines is 1. The van der Waals surface area contributed by atoms with Gasteiger partial charge in [0.1, 0.15) is 5.75 Å². The van der Waals surface area contributed by atoms with Gasteiger partial charge in [0, 0.05) is 29.6 Å². The Bertz CT molecular complexity index is 855. The Kier molecular flexibility index (Phi) is 5.48. The van der Waals surface area contributed by atoms with Crippen molar-refractivity contribution in [3.63, 3.8) is 0 Å². The normalized spacial score (nSPS) is 14.6. The maximum atomic E-state index is 12.6. The number of rotatable bonds is 6. The molecular weight excluding hydrogens is 344 g/mol. The molecule has 1 saturated carbocycles. The molecule has 7 nitrogen and oxygen atoms in total. The highest BCUT2D eigenvalue weighted by molar-refractivity contribution is 5.91. The monoisotopic (exact) mass is 370 g/mol. The smallest absolute Gasteiger partial charge is 0.342 e. The Morgan fingerprint density at radius 2 is 2.04 bits per heavy atom. The van der Waals surface area contributed by atoms with Crippen LogP contribution in [-0.4, -0.2) is 32.9 Å². The number of carbonyl (C=O) groups excluding carboxylic acids is 2. The molecule has 1 fully saturated rings. The van der Waals surface area contributed by atoms with Gasteiger partial charge >= 0.3 is 6.03 Å². The van der Waals surface area contributed by atoms with Crippen LogP contribution >= 0.6 is 0 Å². The molecule has 3 N–H and O–H groups in total. The van der Waals surface area contributed by atoms with Crippen molar-refractivity contribution in [2.45, 2.75) is 58.4 Å². The molecule has 0 spiro atoms. The van der Waals surface area contributed by atoms with Crippen LogP contribution in [0.5, 0.6) is 5.75 Å². The van der Waals surface area contributed by atoms with E-state index in [-0.39, 0.29) is 23.7 Å².